The maximum atomic E-state index is 12.4. The first-order valence-electron chi connectivity index (χ1n) is 10.6. The number of nitrogens with one attached hydrogen (secondary N) is 1. The van der Waals surface area contributed by atoms with Crippen molar-refractivity contribution in [2.45, 2.75) is 39.5 Å². The zero-order chi connectivity index (χ0) is 23.1. The summed E-state index contributed by atoms with van der Waals surface area (Å²) in [6.45, 7) is 4.54. The van der Waals surface area contributed by atoms with Gasteiger partial charge < -0.3 is 19.1 Å². The number of aromatic nitrogens is 3. The number of rotatable bonds is 5. The van der Waals surface area contributed by atoms with Gasteiger partial charge in [0.15, 0.2) is 0 Å². The van der Waals surface area contributed by atoms with Crippen LogP contribution < -0.4 is 10.1 Å². The molecule has 170 valence electrons. The number of aryl methyl sites for hydroxylation is 2. The summed E-state index contributed by atoms with van der Waals surface area (Å²) in [6.07, 6.45) is -0.348. The Bertz CT molecular complexity index is 1360. The highest BCUT2D eigenvalue weighted by Gasteiger charge is 2.23. The van der Waals surface area contributed by atoms with Gasteiger partial charge in [0.2, 0.25) is 0 Å². The number of hydrogen-bond acceptors (Lipinski definition) is 7. The predicted octanol–water partition coefficient (Wildman–Crippen LogP) is 4.45. The van der Waals surface area contributed by atoms with Gasteiger partial charge in [-0.3, -0.25) is 5.32 Å². The van der Waals surface area contributed by atoms with Crippen LogP contribution in [0.1, 0.15) is 22.6 Å². The number of carbonyl (C=O) groups is 1. The number of aliphatic hydroxyl groups is 1. The SMILES string of the molecule is COc1cc(C)ccc1-c1nc(C)c(NC(=O)OCc2ccc3c(c2)nc2n3CC(O)C2)s1. The molecule has 1 aliphatic heterocycles. The van der Waals surface area contributed by atoms with Crippen molar-refractivity contribution in [3.05, 3.63) is 59.0 Å². The molecule has 0 bridgehead atoms. The zero-order valence-corrected chi connectivity index (χ0v) is 19.4. The summed E-state index contributed by atoms with van der Waals surface area (Å²) in [4.78, 5) is 21.6. The second-order valence-corrected chi connectivity index (χ2v) is 9.16. The van der Waals surface area contributed by atoms with Gasteiger partial charge in [0.05, 0.1) is 42.0 Å². The summed E-state index contributed by atoms with van der Waals surface area (Å²) >= 11 is 1.38. The summed E-state index contributed by atoms with van der Waals surface area (Å²) < 4.78 is 13.0. The molecule has 2 N–H and O–H groups in total. The van der Waals surface area contributed by atoms with Gasteiger partial charge in [0, 0.05) is 6.42 Å². The number of aliphatic hydroxyl groups excluding tert-OH is 1. The number of benzene rings is 2. The predicted molar refractivity (Wildman–Crippen MR) is 127 cm³/mol. The number of nitrogens with zero attached hydrogens (tertiary/aromatic N) is 3. The van der Waals surface area contributed by atoms with Crippen molar-refractivity contribution in [2.24, 2.45) is 0 Å². The molecule has 4 aromatic rings. The smallest absolute Gasteiger partial charge is 0.412 e. The van der Waals surface area contributed by atoms with Crippen molar-refractivity contribution in [2.75, 3.05) is 12.4 Å². The van der Waals surface area contributed by atoms with Crippen molar-refractivity contribution in [1.82, 2.24) is 14.5 Å². The molecule has 0 saturated carbocycles. The van der Waals surface area contributed by atoms with Gasteiger partial charge in [0.25, 0.3) is 0 Å². The molecule has 5 rings (SSSR count). The molecule has 0 spiro atoms. The van der Waals surface area contributed by atoms with Crippen molar-refractivity contribution in [3.63, 3.8) is 0 Å². The lowest BCUT2D eigenvalue weighted by Crippen LogP contribution is -2.13. The number of imidazole rings is 1. The van der Waals surface area contributed by atoms with Crippen LogP contribution in [-0.4, -0.2) is 38.9 Å². The highest BCUT2D eigenvalue weighted by Crippen LogP contribution is 2.37. The maximum absolute atomic E-state index is 12.4. The summed E-state index contributed by atoms with van der Waals surface area (Å²) in [5.74, 6) is 1.63. The van der Waals surface area contributed by atoms with Crippen molar-refractivity contribution < 1.29 is 19.4 Å². The molecular weight excluding hydrogens is 440 g/mol. The van der Waals surface area contributed by atoms with Gasteiger partial charge in [-0.05, 0) is 49.2 Å². The average Bonchev–Trinajstić information content (AvgIpc) is 3.43. The molecule has 0 aliphatic carbocycles. The van der Waals surface area contributed by atoms with E-state index >= 15 is 0 Å². The standard InChI is InChI=1S/C24H24N4O4S/c1-13-4-6-17(20(8-13)31-3)23-25-14(2)22(33-23)27-24(30)32-12-15-5-7-19-18(9-15)26-21-10-16(29)11-28(19)21/h4-9,16,29H,10-12H2,1-3H3,(H,27,30). The Balaban J connectivity index is 1.26. The molecule has 8 nitrogen and oxygen atoms in total. The zero-order valence-electron chi connectivity index (χ0n) is 18.6. The number of ether oxygens (including phenoxy) is 2. The van der Waals surface area contributed by atoms with E-state index in [0.717, 1.165) is 44.3 Å². The fourth-order valence-electron chi connectivity index (χ4n) is 4.04. The number of thiazole rings is 1. The van der Waals surface area contributed by atoms with Crippen LogP contribution in [0, 0.1) is 13.8 Å². The lowest BCUT2D eigenvalue weighted by Gasteiger charge is -2.07. The largest absolute Gasteiger partial charge is 0.496 e. The highest BCUT2D eigenvalue weighted by molar-refractivity contribution is 7.19. The minimum Gasteiger partial charge on any atom is -0.496 e. The molecule has 0 fully saturated rings. The van der Waals surface area contributed by atoms with E-state index in [1.54, 1.807) is 7.11 Å². The molecule has 0 radical (unpaired) electrons. The lowest BCUT2D eigenvalue weighted by molar-refractivity contribution is 0.155. The number of carbonyl (C=O) groups excluding carboxylic acids is 1. The molecule has 0 saturated heterocycles. The van der Waals surface area contributed by atoms with Crippen LogP contribution in [0.25, 0.3) is 21.6 Å². The van der Waals surface area contributed by atoms with E-state index in [-0.39, 0.29) is 12.7 Å². The number of amides is 1. The van der Waals surface area contributed by atoms with Gasteiger partial charge in [-0.2, -0.15) is 0 Å². The summed E-state index contributed by atoms with van der Waals surface area (Å²) in [5, 5.41) is 14.0. The third-order valence-corrected chi connectivity index (χ3v) is 6.78. The third kappa shape index (κ3) is 4.17. The minimum absolute atomic E-state index is 0.128. The van der Waals surface area contributed by atoms with Crippen LogP contribution in [0.5, 0.6) is 5.75 Å². The summed E-state index contributed by atoms with van der Waals surface area (Å²) in [7, 11) is 1.63. The first-order chi connectivity index (χ1) is 15.9. The maximum Gasteiger partial charge on any atom is 0.412 e. The second-order valence-electron chi connectivity index (χ2n) is 8.16. The molecule has 9 heteroatoms. The summed E-state index contributed by atoms with van der Waals surface area (Å²) in [6, 6.07) is 11.7. The Labute approximate surface area is 194 Å². The fourth-order valence-corrected chi connectivity index (χ4v) is 5.02. The number of methoxy groups -OCH3 is 1. The Kier molecular flexibility index (Phi) is 5.51. The molecule has 1 aliphatic rings. The summed E-state index contributed by atoms with van der Waals surface area (Å²) in [5.41, 5.74) is 5.36. The Morgan fingerprint density at radius 3 is 2.91 bits per heavy atom. The van der Waals surface area contributed by atoms with Crippen molar-refractivity contribution in [1.29, 1.82) is 0 Å². The van der Waals surface area contributed by atoms with E-state index in [2.05, 4.69) is 15.3 Å². The topological polar surface area (TPSA) is 98.5 Å². The number of fused-ring (bicyclic) bond motifs is 3. The van der Waals surface area contributed by atoms with Crippen LogP contribution in [0.3, 0.4) is 0 Å². The molecule has 1 atom stereocenters. The van der Waals surface area contributed by atoms with Gasteiger partial charge in [-0.15, -0.1) is 0 Å². The van der Waals surface area contributed by atoms with Crippen LogP contribution in [0.4, 0.5) is 9.80 Å². The normalized spacial score (nSPS) is 15.0. The van der Waals surface area contributed by atoms with E-state index in [1.165, 1.54) is 11.3 Å². The van der Waals surface area contributed by atoms with Crippen molar-refractivity contribution in [3.8, 4) is 16.3 Å². The molecule has 33 heavy (non-hydrogen) atoms. The Morgan fingerprint density at radius 2 is 2.09 bits per heavy atom. The molecule has 2 aromatic carbocycles. The van der Waals surface area contributed by atoms with E-state index in [0.29, 0.717) is 23.7 Å². The fraction of sp³-hybridized carbons (Fsp3) is 0.292. The average molecular weight is 465 g/mol. The van der Waals surface area contributed by atoms with E-state index in [9.17, 15) is 9.90 Å². The monoisotopic (exact) mass is 464 g/mol. The second kappa shape index (κ2) is 8.49. The Hall–Kier alpha value is -3.43. The first-order valence-corrected chi connectivity index (χ1v) is 11.4. The van der Waals surface area contributed by atoms with Gasteiger partial charge in [0.1, 0.15) is 28.2 Å². The molecular formula is C24H24N4O4S. The number of anilines is 1. The van der Waals surface area contributed by atoms with Crippen LogP contribution in [0.2, 0.25) is 0 Å². The van der Waals surface area contributed by atoms with Crippen LogP contribution >= 0.6 is 11.3 Å². The van der Waals surface area contributed by atoms with Crippen LogP contribution in [-0.2, 0) is 24.3 Å². The van der Waals surface area contributed by atoms with E-state index in [4.69, 9.17) is 9.47 Å². The molecule has 3 heterocycles. The van der Waals surface area contributed by atoms with Gasteiger partial charge in [-0.1, -0.05) is 23.5 Å². The molecule has 1 amide bonds. The first kappa shape index (κ1) is 21.4. The van der Waals surface area contributed by atoms with Crippen LogP contribution in [0.15, 0.2) is 36.4 Å². The molecule has 1 unspecified atom stereocenters. The Morgan fingerprint density at radius 1 is 1.24 bits per heavy atom. The lowest BCUT2D eigenvalue weighted by atomic mass is 10.1. The third-order valence-electron chi connectivity index (χ3n) is 5.67. The van der Waals surface area contributed by atoms with E-state index in [1.807, 2.05) is 54.8 Å². The minimum atomic E-state index is -0.542. The van der Waals surface area contributed by atoms with Gasteiger partial charge >= 0.3 is 6.09 Å². The highest BCUT2D eigenvalue weighted by atomic mass is 32.1. The number of hydrogen-bond donors (Lipinski definition) is 2. The molecule has 2 aromatic heterocycles. The van der Waals surface area contributed by atoms with E-state index < -0.39 is 6.09 Å². The quantitative estimate of drug-likeness (QED) is 0.453. The van der Waals surface area contributed by atoms with Gasteiger partial charge in [-0.25, -0.2) is 14.8 Å². The van der Waals surface area contributed by atoms with Crippen molar-refractivity contribution >= 4 is 33.5 Å².